The average Bonchev–Trinajstić information content (AvgIpc) is 3.34. The standard InChI is InChI=1S/C23H25ClN4O3S/c1-28(2)27-23-26-21(19(32-23)13-25-10-11-29)22-20(14-4-6-15(24)7-5-14)17-12-16(30-3)8-9-18(17)31-22/h4-9,12,25,29H,10-11,13H2,1-3H3,(H,26,27). The van der Waals surface area contributed by atoms with Crippen LogP contribution in [0.3, 0.4) is 0 Å². The SMILES string of the molecule is COc1ccc2oc(-c3nc(NN(C)C)sc3CNCCO)c(-c3ccc(Cl)cc3)c2c1. The smallest absolute Gasteiger partial charge is 0.198 e. The molecule has 0 radical (unpaired) electrons. The fourth-order valence-electron chi connectivity index (χ4n) is 3.44. The Hall–Kier alpha value is -2.62. The van der Waals surface area contributed by atoms with Crippen LogP contribution in [0.5, 0.6) is 5.75 Å². The van der Waals surface area contributed by atoms with E-state index in [1.807, 2.05) is 61.6 Å². The van der Waals surface area contributed by atoms with Crippen molar-refractivity contribution < 1.29 is 14.3 Å². The maximum absolute atomic E-state index is 9.18. The molecule has 0 amide bonds. The molecule has 0 bridgehead atoms. The zero-order valence-electron chi connectivity index (χ0n) is 18.1. The van der Waals surface area contributed by atoms with Crippen LogP contribution in [0.15, 0.2) is 46.9 Å². The van der Waals surface area contributed by atoms with Crippen molar-refractivity contribution in [2.75, 3.05) is 39.8 Å². The molecule has 4 rings (SSSR count). The fourth-order valence-corrected chi connectivity index (χ4v) is 4.58. The van der Waals surface area contributed by atoms with Crippen LogP contribution in [0.25, 0.3) is 33.6 Å². The number of nitrogens with zero attached hydrogens (tertiary/aromatic N) is 2. The van der Waals surface area contributed by atoms with E-state index in [4.69, 9.17) is 25.7 Å². The Morgan fingerprint density at radius 2 is 1.97 bits per heavy atom. The van der Waals surface area contributed by atoms with Gasteiger partial charge in [0, 0.05) is 43.2 Å². The second-order valence-corrected chi connectivity index (χ2v) is 8.89. The van der Waals surface area contributed by atoms with E-state index in [9.17, 15) is 5.11 Å². The lowest BCUT2D eigenvalue weighted by Gasteiger charge is -2.09. The third-order valence-electron chi connectivity index (χ3n) is 4.83. The van der Waals surface area contributed by atoms with Gasteiger partial charge in [0.1, 0.15) is 17.0 Å². The number of aliphatic hydroxyl groups is 1. The van der Waals surface area contributed by atoms with E-state index in [-0.39, 0.29) is 6.61 Å². The summed E-state index contributed by atoms with van der Waals surface area (Å²) in [5.41, 5.74) is 6.63. The highest BCUT2D eigenvalue weighted by Gasteiger charge is 2.24. The molecule has 0 saturated carbocycles. The molecule has 0 spiro atoms. The lowest BCUT2D eigenvalue weighted by molar-refractivity contribution is 0.292. The third kappa shape index (κ3) is 4.74. The predicted octanol–water partition coefficient (Wildman–Crippen LogP) is 4.86. The number of fused-ring (bicyclic) bond motifs is 1. The number of hydrazine groups is 1. The summed E-state index contributed by atoms with van der Waals surface area (Å²) in [6, 6.07) is 13.4. The Morgan fingerprint density at radius 3 is 2.66 bits per heavy atom. The van der Waals surface area contributed by atoms with E-state index in [0.29, 0.717) is 23.9 Å². The van der Waals surface area contributed by atoms with Gasteiger partial charge in [0.15, 0.2) is 10.9 Å². The molecule has 7 nitrogen and oxygen atoms in total. The number of furan rings is 1. The van der Waals surface area contributed by atoms with Gasteiger partial charge in [0.25, 0.3) is 0 Å². The van der Waals surface area contributed by atoms with Crippen LogP contribution in [-0.2, 0) is 6.54 Å². The van der Waals surface area contributed by atoms with Crippen molar-refractivity contribution in [2.24, 2.45) is 0 Å². The third-order valence-corrected chi connectivity index (χ3v) is 6.05. The summed E-state index contributed by atoms with van der Waals surface area (Å²) in [6.07, 6.45) is 0. The summed E-state index contributed by atoms with van der Waals surface area (Å²) in [5, 5.41) is 16.6. The summed E-state index contributed by atoms with van der Waals surface area (Å²) in [4.78, 5) is 5.86. The minimum atomic E-state index is 0.0669. The molecule has 168 valence electrons. The van der Waals surface area contributed by atoms with Gasteiger partial charge in [-0.1, -0.05) is 35.1 Å². The molecular weight excluding hydrogens is 448 g/mol. The Balaban J connectivity index is 1.92. The van der Waals surface area contributed by atoms with Crippen molar-refractivity contribution in [1.82, 2.24) is 15.3 Å². The summed E-state index contributed by atoms with van der Waals surface area (Å²) < 4.78 is 11.8. The van der Waals surface area contributed by atoms with Gasteiger partial charge in [0.2, 0.25) is 0 Å². The van der Waals surface area contributed by atoms with E-state index in [0.717, 1.165) is 43.5 Å². The minimum Gasteiger partial charge on any atom is -0.497 e. The van der Waals surface area contributed by atoms with Crippen LogP contribution in [-0.4, -0.2) is 49.5 Å². The van der Waals surface area contributed by atoms with Crippen molar-refractivity contribution in [2.45, 2.75) is 6.54 Å². The zero-order valence-corrected chi connectivity index (χ0v) is 19.7. The quantitative estimate of drug-likeness (QED) is 0.237. The zero-order chi connectivity index (χ0) is 22.7. The van der Waals surface area contributed by atoms with Gasteiger partial charge in [-0.2, -0.15) is 0 Å². The first-order valence-corrected chi connectivity index (χ1v) is 11.3. The topological polar surface area (TPSA) is 82.8 Å². The first kappa shape index (κ1) is 22.6. The molecule has 0 aliphatic rings. The molecule has 2 aromatic heterocycles. The lowest BCUT2D eigenvalue weighted by atomic mass is 10.00. The fraction of sp³-hybridized carbons (Fsp3) is 0.261. The van der Waals surface area contributed by atoms with Crippen LogP contribution >= 0.6 is 22.9 Å². The molecule has 4 aromatic rings. The van der Waals surface area contributed by atoms with Crippen LogP contribution in [0.2, 0.25) is 5.02 Å². The Labute approximate surface area is 195 Å². The monoisotopic (exact) mass is 472 g/mol. The minimum absolute atomic E-state index is 0.0669. The molecule has 0 saturated heterocycles. The maximum atomic E-state index is 9.18. The molecule has 32 heavy (non-hydrogen) atoms. The van der Waals surface area contributed by atoms with Gasteiger partial charge in [-0.15, -0.1) is 0 Å². The molecular formula is C23H25ClN4O3S. The highest BCUT2D eigenvalue weighted by molar-refractivity contribution is 7.16. The number of rotatable bonds is 9. The van der Waals surface area contributed by atoms with E-state index in [1.165, 1.54) is 0 Å². The normalized spacial score (nSPS) is 11.4. The molecule has 2 aromatic carbocycles. The maximum Gasteiger partial charge on any atom is 0.198 e. The molecule has 0 unspecified atom stereocenters. The number of benzene rings is 2. The van der Waals surface area contributed by atoms with Crippen molar-refractivity contribution in [3.8, 4) is 28.3 Å². The van der Waals surface area contributed by atoms with Crippen molar-refractivity contribution >= 4 is 39.0 Å². The number of hydrogen-bond donors (Lipinski definition) is 3. The van der Waals surface area contributed by atoms with E-state index in [1.54, 1.807) is 18.4 Å². The number of ether oxygens (including phenoxy) is 1. The summed E-state index contributed by atoms with van der Waals surface area (Å²) >= 11 is 7.69. The Morgan fingerprint density at radius 1 is 1.19 bits per heavy atom. The highest BCUT2D eigenvalue weighted by Crippen LogP contribution is 2.44. The lowest BCUT2D eigenvalue weighted by Crippen LogP contribution is -2.19. The van der Waals surface area contributed by atoms with Gasteiger partial charge in [-0.3, -0.25) is 5.43 Å². The van der Waals surface area contributed by atoms with Gasteiger partial charge >= 0.3 is 0 Å². The van der Waals surface area contributed by atoms with Crippen LogP contribution in [0, 0.1) is 0 Å². The van der Waals surface area contributed by atoms with Crippen molar-refractivity contribution in [3.05, 3.63) is 52.4 Å². The molecule has 9 heteroatoms. The second-order valence-electron chi connectivity index (χ2n) is 7.37. The molecule has 2 heterocycles. The number of halogens is 1. The first-order chi connectivity index (χ1) is 15.5. The highest BCUT2D eigenvalue weighted by atomic mass is 35.5. The van der Waals surface area contributed by atoms with Gasteiger partial charge in [-0.25, -0.2) is 9.99 Å². The van der Waals surface area contributed by atoms with Crippen LogP contribution in [0.1, 0.15) is 4.88 Å². The summed E-state index contributed by atoms with van der Waals surface area (Å²) in [5.74, 6) is 1.43. The predicted molar refractivity (Wildman–Crippen MR) is 130 cm³/mol. The van der Waals surface area contributed by atoms with E-state index < -0.39 is 0 Å². The molecule has 0 aliphatic carbocycles. The number of hydrogen-bond acceptors (Lipinski definition) is 8. The molecule has 0 fully saturated rings. The van der Waals surface area contributed by atoms with Gasteiger partial charge in [-0.05, 0) is 35.9 Å². The average molecular weight is 473 g/mol. The number of aliphatic hydroxyl groups excluding tert-OH is 1. The second kappa shape index (κ2) is 9.89. The van der Waals surface area contributed by atoms with E-state index in [2.05, 4.69) is 10.7 Å². The van der Waals surface area contributed by atoms with Crippen molar-refractivity contribution in [1.29, 1.82) is 0 Å². The Bertz CT molecular complexity index is 1200. The van der Waals surface area contributed by atoms with Crippen LogP contribution in [0.4, 0.5) is 5.13 Å². The van der Waals surface area contributed by atoms with E-state index >= 15 is 0 Å². The first-order valence-electron chi connectivity index (χ1n) is 10.1. The van der Waals surface area contributed by atoms with Gasteiger partial charge < -0.3 is 19.6 Å². The number of nitrogens with one attached hydrogen (secondary N) is 2. The van der Waals surface area contributed by atoms with Crippen molar-refractivity contribution in [3.63, 3.8) is 0 Å². The summed E-state index contributed by atoms with van der Waals surface area (Å²) in [7, 11) is 5.48. The Kier molecular flexibility index (Phi) is 6.98. The number of anilines is 1. The number of methoxy groups -OCH3 is 1. The summed E-state index contributed by atoms with van der Waals surface area (Å²) in [6.45, 7) is 1.12. The number of thiazole rings is 1. The molecule has 3 N–H and O–H groups in total. The largest absolute Gasteiger partial charge is 0.497 e. The molecule has 0 atom stereocenters. The van der Waals surface area contributed by atoms with Gasteiger partial charge in [0.05, 0.1) is 18.6 Å². The number of aromatic nitrogens is 1. The van der Waals surface area contributed by atoms with Crippen LogP contribution < -0.4 is 15.5 Å². The molecule has 0 aliphatic heterocycles.